The number of nitrogens with one attached hydrogen (secondary N) is 1. The summed E-state index contributed by atoms with van der Waals surface area (Å²) in [6.07, 6.45) is 6.84. The molecular formula is C34H40N4O3S. The minimum atomic E-state index is -0.920. The molecule has 8 heteroatoms. The van der Waals surface area contributed by atoms with Crippen molar-refractivity contribution in [1.82, 2.24) is 14.9 Å². The Balaban J connectivity index is 1.28. The number of rotatable bonds is 8. The second kappa shape index (κ2) is 11.6. The largest absolute Gasteiger partial charge is 0.478 e. The third-order valence-corrected chi connectivity index (χ3v) is 9.70. The molecule has 3 aromatic heterocycles. The standard InChI is InChI=1S/C34H40N4O3S/c1-22(2)26-16-30(42-21-26)29-17-34(3,4)11-9-25(29)19-37-13-14-38(27-7-5-23(6-8-27)33(39)40)31(20-37)41-28-15-24-10-12-35-32(24)36-18-28/h5-8,10,12,15-16,18,21-22,31H,9,11,13-14,17,19-20H2,1-4H3,(H,35,36)(H,39,40). The molecule has 0 spiro atoms. The van der Waals surface area contributed by atoms with Gasteiger partial charge in [0.15, 0.2) is 6.23 Å². The number of carboxylic acids is 1. The predicted octanol–water partition coefficient (Wildman–Crippen LogP) is 7.64. The van der Waals surface area contributed by atoms with Crippen LogP contribution in [0.25, 0.3) is 16.6 Å². The smallest absolute Gasteiger partial charge is 0.335 e. The van der Waals surface area contributed by atoms with Gasteiger partial charge in [-0.15, -0.1) is 11.3 Å². The Kier molecular flexibility index (Phi) is 7.85. The molecular weight excluding hydrogens is 544 g/mol. The quantitative estimate of drug-likeness (QED) is 0.222. The van der Waals surface area contributed by atoms with Crippen LogP contribution in [-0.4, -0.2) is 58.4 Å². The molecule has 7 nitrogen and oxygen atoms in total. The van der Waals surface area contributed by atoms with Gasteiger partial charge in [0.25, 0.3) is 0 Å². The summed E-state index contributed by atoms with van der Waals surface area (Å²) in [5, 5.41) is 12.7. The van der Waals surface area contributed by atoms with Crippen LogP contribution < -0.4 is 9.64 Å². The molecule has 0 saturated carbocycles. The van der Waals surface area contributed by atoms with E-state index in [1.165, 1.54) is 22.4 Å². The van der Waals surface area contributed by atoms with Gasteiger partial charge in [-0.2, -0.15) is 0 Å². The van der Waals surface area contributed by atoms with E-state index in [2.05, 4.69) is 58.9 Å². The number of anilines is 1. The van der Waals surface area contributed by atoms with E-state index in [4.69, 9.17) is 4.74 Å². The number of carboxylic acid groups (broad SMARTS) is 1. The Bertz CT molecular complexity index is 1600. The number of hydrogen-bond donors (Lipinski definition) is 2. The number of pyridine rings is 1. The summed E-state index contributed by atoms with van der Waals surface area (Å²) in [6, 6.07) is 13.5. The highest BCUT2D eigenvalue weighted by molar-refractivity contribution is 7.11. The number of hydrogen-bond acceptors (Lipinski definition) is 6. The number of allylic oxidation sites excluding steroid dienone is 1. The first kappa shape index (κ1) is 28.5. The van der Waals surface area contributed by atoms with Gasteiger partial charge in [0.2, 0.25) is 0 Å². The van der Waals surface area contributed by atoms with Crippen LogP contribution in [0.1, 0.15) is 73.7 Å². The van der Waals surface area contributed by atoms with E-state index in [1.54, 1.807) is 23.9 Å². The maximum absolute atomic E-state index is 11.5. The van der Waals surface area contributed by atoms with Crippen molar-refractivity contribution in [1.29, 1.82) is 0 Å². The van der Waals surface area contributed by atoms with Crippen molar-refractivity contribution < 1.29 is 14.6 Å². The highest BCUT2D eigenvalue weighted by atomic mass is 32.1. The monoisotopic (exact) mass is 584 g/mol. The van der Waals surface area contributed by atoms with Crippen molar-refractivity contribution in [2.45, 2.75) is 59.1 Å². The van der Waals surface area contributed by atoms with Crippen molar-refractivity contribution in [3.05, 3.63) is 81.8 Å². The zero-order valence-corrected chi connectivity index (χ0v) is 25.7. The number of H-pyrrole nitrogens is 1. The molecule has 1 unspecified atom stereocenters. The van der Waals surface area contributed by atoms with E-state index < -0.39 is 5.97 Å². The van der Waals surface area contributed by atoms with Gasteiger partial charge in [-0.05, 0) is 89.6 Å². The Labute approximate surface area is 251 Å². The molecule has 220 valence electrons. The third-order valence-electron chi connectivity index (χ3n) is 8.70. The van der Waals surface area contributed by atoms with Crippen LogP contribution in [0.4, 0.5) is 5.69 Å². The summed E-state index contributed by atoms with van der Waals surface area (Å²) in [7, 11) is 0. The summed E-state index contributed by atoms with van der Waals surface area (Å²) < 4.78 is 6.65. The highest BCUT2D eigenvalue weighted by Crippen LogP contribution is 2.45. The topological polar surface area (TPSA) is 81.7 Å². The van der Waals surface area contributed by atoms with Crippen molar-refractivity contribution in [2.24, 2.45) is 5.41 Å². The van der Waals surface area contributed by atoms with Crippen molar-refractivity contribution >= 4 is 39.6 Å². The summed E-state index contributed by atoms with van der Waals surface area (Å²) >= 11 is 1.90. The molecule has 1 aliphatic heterocycles. The number of thiophene rings is 1. The van der Waals surface area contributed by atoms with E-state index in [9.17, 15) is 9.90 Å². The normalized spacial score (nSPS) is 19.5. The fourth-order valence-corrected chi connectivity index (χ4v) is 7.30. The molecule has 1 aromatic carbocycles. The van der Waals surface area contributed by atoms with Gasteiger partial charge in [0.1, 0.15) is 11.4 Å². The van der Waals surface area contributed by atoms with Crippen LogP contribution in [0, 0.1) is 5.41 Å². The van der Waals surface area contributed by atoms with E-state index in [0.717, 1.165) is 61.5 Å². The average Bonchev–Trinajstić information content (AvgIpc) is 3.64. The molecule has 0 radical (unpaired) electrons. The molecule has 0 amide bonds. The lowest BCUT2D eigenvalue weighted by Gasteiger charge is -2.43. The van der Waals surface area contributed by atoms with Gasteiger partial charge in [0, 0.05) is 41.8 Å². The molecule has 4 aromatic rings. The molecule has 1 aliphatic carbocycles. The highest BCUT2D eigenvalue weighted by Gasteiger charge is 2.33. The number of aromatic carboxylic acids is 1. The second-order valence-corrected chi connectivity index (χ2v) is 13.7. The Morgan fingerprint density at radius 2 is 2.00 bits per heavy atom. The molecule has 42 heavy (non-hydrogen) atoms. The van der Waals surface area contributed by atoms with Crippen LogP contribution in [0.15, 0.2) is 65.8 Å². The van der Waals surface area contributed by atoms with Gasteiger partial charge in [-0.3, -0.25) is 4.90 Å². The SMILES string of the molecule is CC(C)c1csc(C2=C(CN3CCN(c4ccc(C(=O)O)cc4)C(Oc4cnc5[nH]ccc5c4)C3)CCC(C)(C)C2)c1. The summed E-state index contributed by atoms with van der Waals surface area (Å²) in [5.74, 6) is 0.336. The predicted molar refractivity (Wildman–Crippen MR) is 171 cm³/mol. The Morgan fingerprint density at radius 3 is 2.74 bits per heavy atom. The number of aromatic nitrogens is 2. The molecule has 1 fully saturated rings. The zero-order chi connectivity index (χ0) is 29.4. The number of piperazine rings is 1. The number of nitrogens with zero attached hydrogens (tertiary/aromatic N) is 3. The van der Waals surface area contributed by atoms with Crippen molar-refractivity contribution in [2.75, 3.05) is 31.1 Å². The van der Waals surface area contributed by atoms with Gasteiger partial charge < -0.3 is 19.7 Å². The number of ether oxygens (including phenoxy) is 1. The molecule has 4 heterocycles. The lowest BCUT2D eigenvalue weighted by Crippen LogP contribution is -2.56. The summed E-state index contributed by atoms with van der Waals surface area (Å²) in [5.41, 5.74) is 6.90. The Hall–Kier alpha value is -3.62. The fraction of sp³-hybridized carbons (Fsp3) is 0.412. The lowest BCUT2D eigenvalue weighted by atomic mass is 9.73. The fourth-order valence-electron chi connectivity index (χ4n) is 6.13. The van der Waals surface area contributed by atoms with Crippen LogP contribution in [0.2, 0.25) is 0 Å². The number of fused-ring (bicyclic) bond motifs is 1. The molecule has 6 rings (SSSR count). The zero-order valence-electron chi connectivity index (χ0n) is 24.9. The van der Waals surface area contributed by atoms with Gasteiger partial charge >= 0.3 is 5.97 Å². The van der Waals surface area contributed by atoms with Gasteiger partial charge in [-0.25, -0.2) is 9.78 Å². The van der Waals surface area contributed by atoms with Gasteiger partial charge in [-0.1, -0.05) is 33.3 Å². The average molecular weight is 585 g/mol. The lowest BCUT2D eigenvalue weighted by molar-refractivity contribution is 0.0697. The molecule has 2 aliphatic rings. The first-order chi connectivity index (χ1) is 20.1. The number of aromatic amines is 1. The summed E-state index contributed by atoms with van der Waals surface area (Å²) in [4.78, 5) is 25.3. The van der Waals surface area contributed by atoms with E-state index in [-0.39, 0.29) is 11.8 Å². The van der Waals surface area contributed by atoms with E-state index in [0.29, 0.717) is 11.3 Å². The van der Waals surface area contributed by atoms with Crippen LogP contribution in [-0.2, 0) is 0 Å². The first-order valence-corrected chi connectivity index (χ1v) is 15.7. The molecule has 1 saturated heterocycles. The third kappa shape index (κ3) is 6.10. The van der Waals surface area contributed by atoms with Crippen molar-refractivity contribution in [3.63, 3.8) is 0 Å². The van der Waals surface area contributed by atoms with Crippen LogP contribution in [0.5, 0.6) is 5.75 Å². The van der Waals surface area contributed by atoms with E-state index >= 15 is 0 Å². The maximum atomic E-state index is 11.5. The molecule has 0 bridgehead atoms. The second-order valence-electron chi connectivity index (χ2n) is 12.8. The number of carbonyl (C=O) groups is 1. The van der Waals surface area contributed by atoms with Crippen LogP contribution in [0.3, 0.4) is 0 Å². The van der Waals surface area contributed by atoms with Gasteiger partial charge in [0.05, 0.1) is 18.3 Å². The minimum absolute atomic E-state index is 0.244. The Morgan fingerprint density at radius 1 is 1.19 bits per heavy atom. The first-order valence-electron chi connectivity index (χ1n) is 14.9. The van der Waals surface area contributed by atoms with Crippen LogP contribution >= 0.6 is 11.3 Å². The van der Waals surface area contributed by atoms with E-state index in [1.807, 2.05) is 41.8 Å². The molecule has 2 N–H and O–H groups in total. The summed E-state index contributed by atoms with van der Waals surface area (Å²) in [6.45, 7) is 12.7. The number of benzene rings is 1. The van der Waals surface area contributed by atoms with Crippen molar-refractivity contribution in [3.8, 4) is 5.75 Å². The molecule has 1 atom stereocenters. The minimum Gasteiger partial charge on any atom is -0.478 e. The maximum Gasteiger partial charge on any atom is 0.335 e.